The summed E-state index contributed by atoms with van der Waals surface area (Å²) in [5.74, 6) is -0.773. The van der Waals surface area contributed by atoms with Gasteiger partial charge in [-0.2, -0.15) is 0 Å². The van der Waals surface area contributed by atoms with E-state index in [-0.39, 0.29) is 6.54 Å². The van der Waals surface area contributed by atoms with Gasteiger partial charge in [0.15, 0.2) is 0 Å². The number of nitrogens with zero attached hydrogens (tertiary/aromatic N) is 1. The zero-order valence-electron chi connectivity index (χ0n) is 12.8. The average molecular weight is 290 g/mol. The second-order valence-electron chi connectivity index (χ2n) is 5.78. The predicted molar refractivity (Wildman–Crippen MR) is 84.2 cm³/mol. The first-order valence-electron chi connectivity index (χ1n) is 7.94. The van der Waals surface area contributed by atoms with Gasteiger partial charge in [-0.25, -0.2) is 0 Å². The van der Waals surface area contributed by atoms with Crippen LogP contribution in [0, 0.1) is 0 Å². The summed E-state index contributed by atoms with van der Waals surface area (Å²) in [6.45, 7) is 4.17. The summed E-state index contributed by atoms with van der Waals surface area (Å²) >= 11 is 0. The maximum atomic E-state index is 10.8. The molecule has 0 spiro atoms. The number of hydrogen-bond donors (Lipinski definition) is 2. The average Bonchev–Trinajstić information content (AvgIpc) is 2.52. The number of carboxylic acids is 1. The molecule has 0 heterocycles. The largest absolute Gasteiger partial charge is 0.480 e. The smallest absolute Gasteiger partial charge is 0.317 e. The van der Waals surface area contributed by atoms with Crippen molar-refractivity contribution in [2.75, 3.05) is 13.1 Å². The lowest BCUT2D eigenvalue weighted by molar-refractivity contribution is -0.136. The summed E-state index contributed by atoms with van der Waals surface area (Å²) < 4.78 is 0. The molecule has 0 bridgehead atoms. The second-order valence-corrected chi connectivity index (χ2v) is 5.78. The van der Waals surface area contributed by atoms with Crippen molar-refractivity contribution in [1.82, 2.24) is 10.2 Å². The van der Waals surface area contributed by atoms with Crippen LogP contribution in [0.1, 0.15) is 38.2 Å². The molecule has 0 amide bonds. The maximum absolute atomic E-state index is 10.8. The molecular weight excluding hydrogens is 264 g/mol. The van der Waals surface area contributed by atoms with Gasteiger partial charge < -0.3 is 10.4 Å². The zero-order chi connectivity index (χ0) is 15.1. The molecule has 1 aliphatic rings. The molecule has 1 saturated carbocycles. The van der Waals surface area contributed by atoms with E-state index in [1.165, 1.54) is 18.4 Å². The number of nitrogens with one attached hydrogen (secondary N) is 1. The minimum absolute atomic E-state index is 0.0596. The highest BCUT2D eigenvalue weighted by Gasteiger charge is 2.29. The molecule has 1 aromatic carbocycles. The summed E-state index contributed by atoms with van der Waals surface area (Å²) in [6.07, 6.45) is 4.65. The summed E-state index contributed by atoms with van der Waals surface area (Å²) in [4.78, 5) is 13.3. The van der Waals surface area contributed by atoms with Crippen LogP contribution in [-0.4, -0.2) is 41.1 Å². The SMILES string of the molecule is CCN(Cc1ccccc1)[C@@H]1CCCC[C@@H]1NCC(=O)O. The van der Waals surface area contributed by atoms with Crippen molar-refractivity contribution in [3.8, 4) is 0 Å². The summed E-state index contributed by atoms with van der Waals surface area (Å²) in [6, 6.07) is 11.2. The molecule has 4 heteroatoms. The number of rotatable bonds is 7. The number of carbonyl (C=O) groups is 1. The summed E-state index contributed by atoms with van der Waals surface area (Å²) in [5, 5.41) is 12.1. The van der Waals surface area contributed by atoms with Crippen LogP contribution in [0.3, 0.4) is 0 Å². The topological polar surface area (TPSA) is 52.6 Å². The van der Waals surface area contributed by atoms with Crippen LogP contribution < -0.4 is 5.32 Å². The van der Waals surface area contributed by atoms with E-state index in [0.29, 0.717) is 12.1 Å². The molecule has 116 valence electrons. The molecule has 1 aliphatic carbocycles. The number of carboxylic acid groups (broad SMARTS) is 1. The van der Waals surface area contributed by atoms with Gasteiger partial charge in [-0.3, -0.25) is 9.69 Å². The number of hydrogen-bond acceptors (Lipinski definition) is 3. The first-order valence-corrected chi connectivity index (χ1v) is 7.94. The van der Waals surface area contributed by atoms with Gasteiger partial charge in [0.2, 0.25) is 0 Å². The monoisotopic (exact) mass is 290 g/mol. The first-order chi connectivity index (χ1) is 10.2. The Balaban J connectivity index is 2.01. The lowest BCUT2D eigenvalue weighted by Gasteiger charge is -2.40. The van der Waals surface area contributed by atoms with E-state index >= 15 is 0 Å². The minimum Gasteiger partial charge on any atom is -0.480 e. The van der Waals surface area contributed by atoms with Crippen molar-refractivity contribution in [3.05, 3.63) is 35.9 Å². The summed E-state index contributed by atoms with van der Waals surface area (Å²) in [7, 11) is 0. The Kier molecular flexibility index (Phi) is 6.21. The number of likely N-dealkylation sites (N-methyl/N-ethyl adjacent to an activating group) is 1. The molecule has 0 aliphatic heterocycles. The van der Waals surface area contributed by atoms with Crippen molar-refractivity contribution < 1.29 is 9.90 Å². The first kappa shape index (κ1) is 16.0. The molecule has 2 N–H and O–H groups in total. The number of aliphatic carboxylic acids is 1. The predicted octanol–water partition coefficient (Wildman–Crippen LogP) is 2.49. The molecule has 2 atom stereocenters. The Morgan fingerprint density at radius 2 is 2.00 bits per heavy atom. The fourth-order valence-electron chi connectivity index (χ4n) is 3.29. The van der Waals surface area contributed by atoms with Gasteiger partial charge in [0.05, 0.1) is 6.54 Å². The Bertz CT molecular complexity index is 436. The lowest BCUT2D eigenvalue weighted by atomic mass is 9.88. The molecule has 0 aromatic heterocycles. The van der Waals surface area contributed by atoms with Gasteiger partial charge in [-0.05, 0) is 24.9 Å². The van der Waals surface area contributed by atoms with E-state index in [4.69, 9.17) is 5.11 Å². The van der Waals surface area contributed by atoms with Crippen LogP contribution in [0.2, 0.25) is 0 Å². The van der Waals surface area contributed by atoms with E-state index < -0.39 is 5.97 Å². The molecule has 1 aromatic rings. The molecule has 2 rings (SSSR count). The third-order valence-electron chi connectivity index (χ3n) is 4.35. The van der Waals surface area contributed by atoms with Crippen molar-refractivity contribution in [1.29, 1.82) is 0 Å². The minimum atomic E-state index is -0.773. The fourth-order valence-corrected chi connectivity index (χ4v) is 3.29. The van der Waals surface area contributed by atoms with Gasteiger partial charge in [-0.1, -0.05) is 50.1 Å². The molecule has 4 nitrogen and oxygen atoms in total. The Morgan fingerprint density at radius 1 is 1.29 bits per heavy atom. The fraction of sp³-hybridized carbons (Fsp3) is 0.588. The highest BCUT2D eigenvalue weighted by atomic mass is 16.4. The lowest BCUT2D eigenvalue weighted by Crippen LogP contribution is -2.52. The maximum Gasteiger partial charge on any atom is 0.317 e. The van der Waals surface area contributed by atoms with Crippen molar-refractivity contribution >= 4 is 5.97 Å². The Morgan fingerprint density at radius 3 is 2.67 bits per heavy atom. The van der Waals surface area contributed by atoms with Crippen LogP contribution in [0.5, 0.6) is 0 Å². The van der Waals surface area contributed by atoms with Gasteiger partial charge in [0, 0.05) is 18.6 Å². The van der Waals surface area contributed by atoms with Crippen LogP contribution in [0.4, 0.5) is 0 Å². The van der Waals surface area contributed by atoms with Crippen LogP contribution >= 0.6 is 0 Å². The molecule has 21 heavy (non-hydrogen) atoms. The molecule has 0 unspecified atom stereocenters. The zero-order valence-corrected chi connectivity index (χ0v) is 12.8. The normalized spacial score (nSPS) is 22.4. The van der Waals surface area contributed by atoms with Crippen molar-refractivity contribution in [3.63, 3.8) is 0 Å². The van der Waals surface area contributed by atoms with E-state index in [9.17, 15) is 4.79 Å². The molecule has 1 fully saturated rings. The van der Waals surface area contributed by atoms with Gasteiger partial charge in [-0.15, -0.1) is 0 Å². The van der Waals surface area contributed by atoms with Gasteiger partial charge in [0.1, 0.15) is 0 Å². The van der Waals surface area contributed by atoms with Crippen molar-refractivity contribution in [2.24, 2.45) is 0 Å². The van der Waals surface area contributed by atoms with Crippen LogP contribution in [0.15, 0.2) is 30.3 Å². The van der Waals surface area contributed by atoms with E-state index in [0.717, 1.165) is 25.9 Å². The highest BCUT2D eigenvalue weighted by molar-refractivity contribution is 5.69. The van der Waals surface area contributed by atoms with E-state index in [1.807, 2.05) is 6.07 Å². The van der Waals surface area contributed by atoms with E-state index in [2.05, 4.69) is 41.4 Å². The van der Waals surface area contributed by atoms with Gasteiger partial charge >= 0.3 is 5.97 Å². The van der Waals surface area contributed by atoms with E-state index in [1.54, 1.807) is 0 Å². The second kappa shape index (κ2) is 8.15. The molecule has 0 saturated heterocycles. The number of benzene rings is 1. The van der Waals surface area contributed by atoms with Crippen molar-refractivity contribution in [2.45, 2.75) is 51.2 Å². The van der Waals surface area contributed by atoms with Crippen LogP contribution in [-0.2, 0) is 11.3 Å². The quantitative estimate of drug-likeness (QED) is 0.810. The Labute approximate surface area is 127 Å². The Hall–Kier alpha value is -1.39. The molecular formula is C17H26N2O2. The van der Waals surface area contributed by atoms with Crippen LogP contribution in [0.25, 0.3) is 0 Å². The third-order valence-corrected chi connectivity index (χ3v) is 4.35. The van der Waals surface area contributed by atoms with Gasteiger partial charge in [0.25, 0.3) is 0 Å². The summed E-state index contributed by atoms with van der Waals surface area (Å²) in [5.41, 5.74) is 1.32. The highest BCUT2D eigenvalue weighted by Crippen LogP contribution is 2.24. The standard InChI is InChI=1S/C17H26N2O2/c1-2-19(13-14-8-4-3-5-9-14)16-11-7-6-10-15(16)18-12-17(20)21/h3-5,8-9,15-16,18H,2,6-7,10-13H2,1H3,(H,20,21)/t15-,16+/m0/s1. The third kappa shape index (κ3) is 4.83. The molecule has 0 radical (unpaired) electrons.